The molecule has 0 aliphatic heterocycles. The van der Waals surface area contributed by atoms with Crippen LogP contribution in [0.4, 0.5) is 4.79 Å². The van der Waals surface area contributed by atoms with Crippen molar-refractivity contribution in [2.75, 3.05) is 27.2 Å². The molecule has 0 unspecified atom stereocenters. The molecule has 1 aromatic carbocycles. The molecule has 0 saturated heterocycles. The molecule has 0 aliphatic carbocycles. The smallest absolute Gasteiger partial charge is 0.409 e. The second-order valence-electron chi connectivity index (χ2n) is 5.13. The maximum atomic E-state index is 11.8. The molecule has 0 radical (unpaired) electrons. The van der Waals surface area contributed by atoms with Crippen LogP contribution >= 0.6 is 0 Å². The lowest BCUT2D eigenvalue weighted by molar-refractivity contribution is -0.129. The maximum absolute atomic E-state index is 11.8. The van der Waals surface area contributed by atoms with Crippen LogP contribution in [0, 0.1) is 6.92 Å². The molecule has 0 heterocycles. The molecule has 0 aliphatic rings. The van der Waals surface area contributed by atoms with E-state index in [-0.39, 0.29) is 18.6 Å². The molecule has 116 valence electrons. The Hall–Kier alpha value is -2.04. The number of hydrogen-bond donors (Lipinski definition) is 0. The second kappa shape index (κ2) is 8.29. The van der Waals surface area contributed by atoms with Gasteiger partial charge in [0.15, 0.2) is 0 Å². The zero-order chi connectivity index (χ0) is 15.8. The van der Waals surface area contributed by atoms with E-state index in [9.17, 15) is 9.59 Å². The van der Waals surface area contributed by atoms with Gasteiger partial charge in [-0.2, -0.15) is 0 Å². The van der Waals surface area contributed by atoms with E-state index >= 15 is 0 Å². The van der Waals surface area contributed by atoms with Gasteiger partial charge in [-0.25, -0.2) is 4.79 Å². The van der Waals surface area contributed by atoms with Crippen LogP contribution in [-0.4, -0.2) is 49.0 Å². The summed E-state index contributed by atoms with van der Waals surface area (Å²) < 4.78 is 5.23. The summed E-state index contributed by atoms with van der Waals surface area (Å²) in [5.74, 6) is 0.0661. The molecule has 0 spiro atoms. The topological polar surface area (TPSA) is 49.9 Å². The minimum atomic E-state index is -0.382. The number of benzene rings is 1. The van der Waals surface area contributed by atoms with Crippen molar-refractivity contribution >= 4 is 12.0 Å². The van der Waals surface area contributed by atoms with Crippen LogP contribution in [0.5, 0.6) is 0 Å². The standard InChI is InChI=1S/C16H24N2O3/c1-5-15(19)17(3)10-11-18(4)16(20)21-12-14-8-6-13(2)7-9-14/h6-9H,5,10-12H2,1-4H3. The van der Waals surface area contributed by atoms with E-state index in [2.05, 4.69) is 0 Å². The Balaban J connectivity index is 2.34. The Bertz CT molecular complexity index is 471. The molecule has 5 heteroatoms. The summed E-state index contributed by atoms with van der Waals surface area (Å²) in [7, 11) is 3.40. The molecule has 5 nitrogen and oxygen atoms in total. The lowest BCUT2D eigenvalue weighted by Gasteiger charge is -2.21. The predicted molar refractivity (Wildman–Crippen MR) is 81.9 cm³/mol. The lowest BCUT2D eigenvalue weighted by Crippen LogP contribution is -2.37. The van der Waals surface area contributed by atoms with Crippen LogP contribution in [0.2, 0.25) is 0 Å². The quantitative estimate of drug-likeness (QED) is 0.809. The summed E-state index contributed by atoms with van der Waals surface area (Å²) in [5.41, 5.74) is 2.13. The van der Waals surface area contributed by atoms with E-state index in [1.54, 1.807) is 19.0 Å². The number of carbonyl (C=O) groups excluding carboxylic acids is 2. The Labute approximate surface area is 126 Å². The third kappa shape index (κ3) is 5.85. The van der Waals surface area contributed by atoms with Gasteiger partial charge in [-0.1, -0.05) is 36.8 Å². The first-order valence-electron chi connectivity index (χ1n) is 7.11. The van der Waals surface area contributed by atoms with Crippen molar-refractivity contribution in [1.82, 2.24) is 9.80 Å². The third-order valence-corrected chi connectivity index (χ3v) is 3.29. The number of ether oxygens (including phenoxy) is 1. The summed E-state index contributed by atoms with van der Waals surface area (Å²) in [5, 5.41) is 0. The second-order valence-corrected chi connectivity index (χ2v) is 5.13. The average Bonchev–Trinajstić information content (AvgIpc) is 2.50. The minimum Gasteiger partial charge on any atom is -0.445 e. The largest absolute Gasteiger partial charge is 0.445 e. The van der Waals surface area contributed by atoms with Gasteiger partial charge in [0.2, 0.25) is 5.91 Å². The Morgan fingerprint density at radius 2 is 1.62 bits per heavy atom. The van der Waals surface area contributed by atoms with Crippen LogP contribution < -0.4 is 0 Å². The van der Waals surface area contributed by atoms with Gasteiger partial charge in [0.25, 0.3) is 0 Å². The molecule has 0 N–H and O–H groups in total. The molecular weight excluding hydrogens is 268 g/mol. The number of nitrogens with zero attached hydrogens (tertiary/aromatic N) is 2. The average molecular weight is 292 g/mol. The predicted octanol–water partition coefficient (Wildman–Crippen LogP) is 2.43. The summed E-state index contributed by atoms with van der Waals surface area (Å²) >= 11 is 0. The van der Waals surface area contributed by atoms with Crippen LogP contribution in [0.25, 0.3) is 0 Å². The van der Waals surface area contributed by atoms with Crippen LogP contribution in [0.3, 0.4) is 0 Å². The van der Waals surface area contributed by atoms with Crippen LogP contribution in [0.15, 0.2) is 24.3 Å². The summed E-state index contributed by atoms with van der Waals surface area (Å²) in [6.45, 7) is 5.04. The molecule has 0 atom stereocenters. The summed E-state index contributed by atoms with van der Waals surface area (Å²) in [6.07, 6.45) is 0.0888. The zero-order valence-corrected chi connectivity index (χ0v) is 13.3. The summed E-state index contributed by atoms with van der Waals surface area (Å²) in [6, 6.07) is 7.85. The fourth-order valence-corrected chi connectivity index (χ4v) is 1.73. The van der Waals surface area contributed by atoms with Gasteiger partial charge >= 0.3 is 6.09 Å². The van der Waals surface area contributed by atoms with E-state index in [1.165, 1.54) is 10.5 Å². The molecule has 0 bridgehead atoms. The first-order chi connectivity index (χ1) is 9.93. The number of amides is 2. The van der Waals surface area contributed by atoms with Gasteiger partial charge in [0, 0.05) is 33.6 Å². The highest BCUT2D eigenvalue weighted by Gasteiger charge is 2.12. The molecule has 21 heavy (non-hydrogen) atoms. The molecule has 0 fully saturated rings. The first kappa shape index (κ1) is 17.0. The van der Waals surface area contributed by atoms with Crippen LogP contribution in [0.1, 0.15) is 24.5 Å². The highest BCUT2D eigenvalue weighted by atomic mass is 16.6. The maximum Gasteiger partial charge on any atom is 0.409 e. The van der Waals surface area contributed by atoms with Crippen molar-refractivity contribution in [1.29, 1.82) is 0 Å². The minimum absolute atomic E-state index is 0.0661. The number of carbonyl (C=O) groups is 2. The van der Waals surface area contributed by atoms with Crippen molar-refractivity contribution < 1.29 is 14.3 Å². The highest BCUT2D eigenvalue weighted by Crippen LogP contribution is 2.05. The van der Waals surface area contributed by atoms with E-state index in [1.807, 2.05) is 38.1 Å². The van der Waals surface area contributed by atoms with Gasteiger partial charge in [-0.3, -0.25) is 4.79 Å². The number of aryl methyl sites for hydroxylation is 1. The Morgan fingerprint density at radius 1 is 1.05 bits per heavy atom. The van der Waals surface area contributed by atoms with Gasteiger partial charge in [0.05, 0.1) is 0 Å². The fraction of sp³-hybridized carbons (Fsp3) is 0.500. The third-order valence-electron chi connectivity index (χ3n) is 3.29. The van der Waals surface area contributed by atoms with E-state index in [0.717, 1.165) is 5.56 Å². The van der Waals surface area contributed by atoms with E-state index < -0.39 is 0 Å². The molecule has 1 aromatic rings. The number of hydrogen-bond acceptors (Lipinski definition) is 3. The zero-order valence-electron chi connectivity index (χ0n) is 13.3. The van der Waals surface area contributed by atoms with Crippen LogP contribution in [-0.2, 0) is 16.1 Å². The van der Waals surface area contributed by atoms with Crippen molar-refractivity contribution in [3.8, 4) is 0 Å². The SMILES string of the molecule is CCC(=O)N(C)CCN(C)C(=O)OCc1ccc(C)cc1. The molecule has 1 rings (SSSR count). The molecule has 0 saturated carbocycles. The normalized spacial score (nSPS) is 10.1. The fourth-order valence-electron chi connectivity index (χ4n) is 1.73. The van der Waals surface area contributed by atoms with Crippen molar-refractivity contribution in [3.63, 3.8) is 0 Å². The van der Waals surface area contributed by atoms with Crippen molar-refractivity contribution in [3.05, 3.63) is 35.4 Å². The lowest BCUT2D eigenvalue weighted by atomic mass is 10.2. The molecular formula is C16H24N2O3. The first-order valence-corrected chi connectivity index (χ1v) is 7.11. The molecule has 2 amide bonds. The van der Waals surface area contributed by atoms with Crippen molar-refractivity contribution in [2.45, 2.75) is 26.9 Å². The van der Waals surface area contributed by atoms with Gasteiger partial charge in [-0.05, 0) is 12.5 Å². The highest BCUT2D eigenvalue weighted by molar-refractivity contribution is 5.75. The monoisotopic (exact) mass is 292 g/mol. The van der Waals surface area contributed by atoms with Gasteiger partial charge in [0.1, 0.15) is 6.61 Å². The summed E-state index contributed by atoms with van der Waals surface area (Å²) in [4.78, 5) is 26.4. The van der Waals surface area contributed by atoms with Gasteiger partial charge in [-0.15, -0.1) is 0 Å². The van der Waals surface area contributed by atoms with Crippen molar-refractivity contribution in [2.24, 2.45) is 0 Å². The number of rotatable bonds is 6. The van der Waals surface area contributed by atoms with Gasteiger partial charge < -0.3 is 14.5 Å². The Kier molecular flexibility index (Phi) is 6.72. The number of likely N-dealkylation sites (N-methyl/N-ethyl adjacent to an activating group) is 2. The molecule has 0 aromatic heterocycles. The Morgan fingerprint density at radius 3 is 2.19 bits per heavy atom. The van der Waals surface area contributed by atoms with E-state index in [0.29, 0.717) is 19.5 Å². The van der Waals surface area contributed by atoms with E-state index in [4.69, 9.17) is 4.74 Å².